The van der Waals surface area contributed by atoms with E-state index in [9.17, 15) is 19.2 Å². The van der Waals surface area contributed by atoms with Crippen LogP contribution in [0.2, 0.25) is 0 Å². The quantitative estimate of drug-likeness (QED) is 0.359. The van der Waals surface area contributed by atoms with Crippen LogP contribution in [0.1, 0.15) is 84.7 Å². The third-order valence-corrected chi connectivity index (χ3v) is 6.12. The number of unbranched alkanes of at least 4 members (excludes halogenated alkanes) is 1. The van der Waals surface area contributed by atoms with E-state index < -0.39 is 17.6 Å². The number of imidazole rings is 1. The number of nitrogens with zero attached hydrogens (tertiary/aromatic N) is 2. The second kappa shape index (κ2) is 9.76. The van der Waals surface area contributed by atoms with Crippen LogP contribution in [0.4, 0.5) is 0 Å². The molecule has 0 aliphatic carbocycles. The molecule has 0 bridgehead atoms. The minimum absolute atomic E-state index is 0.0830. The van der Waals surface area contributed by atoms with E-state index >= 15 is 0 Å². The van der Waals surface area contributed by atoms with E-state index in [4.69, 9.17) is 4.74 Å². The lowest BCUT2D eigenvalue weighted by Gasteiger charge is -2.32. The fraction of sp³-hybridized carbons (Fsp3) is 0.615. The topological polar surface area (TPSA) is 99.4 Å². The van der Waals surface area contributed by atoms with Gasteiger partial charge in [0.2, 0.25) is 11.8 Å². The number of amides is 2. The van der Waals surface area contributed by atoms with Gasteiger partial charge in [-0.1, -0.05) is 26.8 Å². The minimum Gasteiger partial charge on any atom is -0.460 e. The van der Waals surface area contributed by atoms with Gasteiger partial charge in [-0.2, -0.15) is 0 Å². The van der Waals surface area contributed by atoms with Crippen LogP contribution in [0.15, 0.2) is 23.0 Å². The second-order valence-corrected chi connectivity index (χ2v) is 11.2. The molecule has 34 heavy (non-hydrogen) atoms. The molecule has 1 aliphatic rings. The number of aromatic nitrogens is 2. The third-order valence-electron chi connectivity index (χ3n) is 6.12. The van der Waals surface area contributed by atoms with Gasteiger partial charge in [0.1, 0.15) is 11.6 Å². The first-order chi connectivity index (χ1) is 15.8. The van der Waals surface area contributed by atoms with E-state index in [1.165, 1.54) is 9.13 Å². The van der Waals surface area contributed by atoms with Crippen molar-refractivity contribution in [1.82, 2.24) is 14.5 Å². The van der Waals surface area contributed by atoms with E-state index in [0.717, 1.165) is 36.8 Å². The number of carbonyl (C=O) groups excluding carboxylic acids is 3. The second-order valence-electron chi connectivity index (χ2n) is 11.2. The average molecular weight is 472 g/mol. The van der Waals surface area contributed by atoms with Crippen LogP contribution in [0, 0.1) is 5.41 Å². The lowest BCUT2D eigenvalue weighted by atomic mass is 9.83. The van der Waals surface area contributed by atoms with E-state index in [0.29, 0.717) is 18.4 Å². The molecule has 1 fully saturated rings. The van der Waals surface area contributed by atoms with Crippen molar-refractivity contribution in [3.63, 3.8) is 0 Å². The first kappa shape index (κ1) is 25.7. The zero-order valence-corrected chi connectivity index (χ0v) is 21.2. The highest BCUT2D eigenvalue weighted by molar-refractivity contribution is 6.00. The molecule has 8 nitrogen and oxygen atoms in total. The molecule has 1 aromatic heterocycles. The Kier molecular flexibility index (Phi) is 7.38. The Labute approximate surface area is 200 Å². The SMILES string of the molecule is Cn1c(=O)n(C2CCC(=O)NC2=O)c2ccc(CCCCC(=O)OC(C)(C)CC(C)(C)C)cc21. The van der Waals surface area contributed by atoms with Crippen molar-refractivity contribution in [3.05, 3.63) is 34.2 Å². The lowest BCUT2D eigenvalue weighted by Crippen LogP contribution is -2.44. The highest BCUT2D eigenvalue weighted by Crippen LogP contribution is 2.30. The molecule has 0 radical (unpaired) electrons. The molecule has 0 saturated carbocycles. The Morgan fingerprint density at radius 1 is 1.09 bits per heavy atom. The van der Waals surface area contributed by atoms with E-state index in [1.807, 2.05) is 32.0 Å². The van der Waals surface area contributed by atoms with Crippen molar-refractivity contribution in [1.29, 1.82) is 0 Å². The van der Waals surface area contributed by atoms with Crippen LogP contribution in [0.3, 0.4) is 0 Å². The number of ether oxygens (including phenoxy) is 1. The van der Waals surface area contributed by atoms with Crippen molar-refractivity contribution >= 4 is 28.8 Å². The molecular weight excluding hydrogens is 434 g/mol. The van der Waals surface area contributed by atoms with Crippen LogP contribution in [-0.4, -0.2) is 32.5 Å². The molecule has 2 amide bonds. The number of imide groups is 1. The number of hydrogen-bond acceptors (Lipinski definition) is 5. The Bertz CT molecular complexity index is 1150. The summed E-state index contributed by atoms with van der Waals surface area (Å²) in [5, 5.41) is 2.32. The number of hydrogen-bond donors (Lipinski definition) is 1. The largest absolute Gasteiger partial charge is 0.460 e. The summed E-state index contributed by atoms with van der Waals surface area (Å²) in [7, 11) is 1.69. The van der Waals surface area contributed by atoms with Crippen molar-refractivity contribution < 1.29 is 19.1 Å². The Morgan fingerprint density at radius 2 is 1.79 bits per heavy atom. The highest BCUT2D eigenvalue weighted by Gasteiger charge is 2.31. The molecule has 1 atom stereocenters. The van der Waals surface area contributed by atoms with Gasteiger partial charge in [0.05, 0.1) is 11.0 Å². The number of fused-ring (bicyclic) bond motifs is 1. The van der Waals surface area contributed by atoms with Crippen LogP contribution in [0.25, 0.3) is 11.0 Å². The number of aryl methyl sites for hydroxylation is 2. The summed E-state index contributed by atoms with van der Waals surface area (Å²) in [6.45, 7) is 10.3. The van der Waals surface area contributed by atoms with Crippen molar-refractivity contribution in [2.45, 2.75) is 91.2 Å². The van der Waals surface area contributed by atoms with E-state index in [2.05, 4.69) is 26.1 Å². The summed E-state index contributed by atoms with van der Waals surface area (Å²) in [4.78, 5) is 49.0. The summed E-state index contributed by atoms with van der Waals surface area (Å²) < 4.78 is 8.72. The molecule has 0 spiro atoms. The standard InChI is InChI=1S/C26H37N3O5/c1-25(2,3)16-26(4,5)34-22(31)10-8-7-9-17-11-12-18-20(15-17)28(6)24(33)29(18)19-13-14-21(30)27-23(19)32/h11-12,15,19H,7-10,13-14,16H2,1-6H3,(H,27,30,32). The molecule has 2 aromatic rings. The van der Waals surface area contributed by atoms with Gasteiger partial charge in [-0.25, -0.2) is 4.79 Å². The molecule has 2 heterocycles. The summed E-state index contributed by atoms with van der Waals surface area (Å²) in [6, 6.07) is 5.09. The number of piperidine rings is 1. The first-order valence-electron chi connectivity index (χ1n) is 12.0. The normalized spacial score (nSPS) is 17.2. The predicted molar refractivity (Wildman–Crippen MR) is 130 cm³/mol. The fourth-order valence-corrected chi connectivity index (χ4v) is 5.07. The maximum atomic E-state index is 12.9. The van der Waals surface area contributed by atoms with Crippen LogP contribution in [-0.2, 0) is 32.6 Å². The number of carbonyl (C=O) groups is 3. The van der Waals surface area contributed by atoms with Crippen molar-refractivity contribution in [2.75, 3.05) is 0 Å². The molecular formula is C26H37N3O5. The van der Waals surface area contributed by atoms with Gasteiger partial charge in [0.15, 0.2) is 0 Å². The molecule has 8 heteroatoms. The fourth-order valence-electron chi connectivity index (χ4n) is 5.07. The highest BCUT2D eigenvalue weighted by atomic mass is 16.6. The van der Waals surface area contributed by atoms with Crippen LogP contribution in [0.5, 0.6) is 0 Å². The molecule has 3 rings (SSSR count). The molecule has 1 unspecified atom stereocenters. The zero-order chi connectivity index (χ0) is 25.3. The summed E-state index contributed by atoms with van der Waals surface area (Å²) in [5.41, 5.74) is 1.80. The molecule has 1 aliphatic heterocycles. The third kappa shape index (κ3) is 6.15. The van der Waals surface area contributed by atoms with Crippen molar-refractivity contribution in [3.8, 4) is 0 Å². The van der Waals surface area contributed by atoms with Gasteiger partial charge >= 0.3 is 11.7 Å². The van der Waals surface area contributed by atoms with Crippen LogP contribution < -0.4 is 11.0 Å². The van der Waals surface area contributed by atoms with Gasteiger partial charge < -0.3 is 4.74 Å². The van der Waals surface area contributed by atoms with Gasteiger partial charge in [0, 0.05) is 19.9 Å². The average Bonchev–Trinajstić information content (AvgIpc) is 2.93. The molecule has 1 saturated heterocycles. The molecule has 1 aromatic carbocycles. The Balaban J connectivity index is 1.61. The summed E-state index contributed by atoms with van der Waals surface area (Å²) in [6.07, 6.45) is 4.01. The number of benzene rings is 1. The van der Waals surface area contributed by atoms with Gasteiger partial charge in [-0.3, -0.25) is 28.8 Å². The van der Waals surface area contributed by atoms with Crippen molar-refractivity contribution in [2.24, 2.45) is 12.5 Å². The lowest BCUT2D eigenvalue weighted by molar-refractivity contribution is -0.159. The predicted octanol–water partition coefficient (Wildman–Crippen LogP) is 3.79. The number of nitrogens with one attached hydrogen (secondary N) is 1. The summed E-state index contributed by atoms with van der Waals surface area (Å²) in [5.74, 6) is -0.917. The Morgan fingerprint density at radius 3 is 2.44 bits per heavy atom. The van der Waals surface area contributed by atoms with Gasteiger partial charge in [-0.05, 0) is 69.1 Å². The molecule has 186 valence electrons. The smallest absolute Gasteiger partial charge is 0.329 e. The van der Waals surface area contributed by atoms with E-state index in [1.54, 1.807) is 7.05 Å². The summed E-state index contributed by atoms with van der Waals surface area (Å²) >= 11 is 0. The minimum atomic E-state index is -0.687. The first-order valence-corrected chi connectivity index (χ1v) is 12.0. The van der Waals surface area contributed by atoms with E-state index in [-0.39, 0.29) is 29.4 Å². The molecule has 1 N–H and O–H groups in total. The Hall–Kier alpha value is -2.90. The number of esters is 1. The number of rotatable bonds is 8. The maximum Gasteiger partial charge on any atom is 0.329 e. The monoisotopic (exact) mass is 471 g/mol. The zero-order valence-electron chi connectivity index (χ0n) is 21.2. The maximum absolute atomic E-state index is 12.9. The van der Waals surface area contributed by atoms with Gasteiger partial charge in [0.25, 0.3) is 0 Å². The van der Waals surface area contributed by atoms with Crippen LogP contribution >= 0.6 is 0 Å². The van der Waals surface area contributed by atoms with Gasteiger partial charge in [-0.15, -0.1) is 0 Å².